The van der Waals surface area contributed by atoms with Crippen molar-refractivity contribution in [3.8, 4) is 0 Å². The third-order valence-electron chi connectivity index (χ3n) is 4.46. The third kappa shape index (κ3) is 3.65. The molecule has 1 aromatic heterocycles. The van der Waals surface area contributed by atoms with Gasteiger partial charge in [-0.15, -0.1) is 0 Å². The number of amides is 1. The molecule has 5 nitrogen and oxygen atoms in total. The summed E-state index contributed by atoms with van der Waals surface area (Å²) in [7, 11) is 0. The van der Waals surface area contributed by atoms with Crippen LogP contribution in [0.4, 0.5) is 11.6 Å². The zero-order valence-electron chi connectivity index (χ0n) is 15.3. The Bertz CT molecular complexity index is 753. The van der Waals surface area contributed by atoms with Crippen LogP contribution in [0.5, 0.6) is 0 Å². The number of para-hydroxylation sites is 1. The molecule has 0 N–H and O–H groups in total. The fourth-order valence-corrected chi connectivity index (χ4v) is 3.34. The molecule has 1 aliphatic heterocycles. The number of anilines is 2. The Kier molecular flexibility index (Phi) is 5.31. The number of benzene rings is 1. The fourth-order valence-electron chi connectivity index (χ4n) is 3.34. The number of hydrogen-bond acceptors (Lipinski definition) is 4. The van der Waals surface area contributed by atoms with E-state index in [0.29, 0.717) is 18.2 Å². The van der Waals surface area contributed by atoms with Gasteiger partial charge in [-0.05, 0) is 43.9 Å². The number of carbonyl (C=O) groups excluding carboxylic acids is 1. The Morgan fingerprint density at radius 2 is 1.88 bits per heavy atom. The first kappa shape index (κ1) is 17.4. The summed E-state index contributed by atoms with van der Waals surface area (Å²) in [5, 5.41) is 0. The van der Waals surface area contributed by atoms with Crippen molar-refractivity contribution in [2.75, 3.05) is 29.4 Å². The highest BCUT2D eigenvalue weighted by Crippen LogP contribution is 2.28. The van der Waals surface area contributed by atoms with Crippen molar-refractivity contribution in [1.29, 1.82) is 0 Å². The van der Waals surface area contributed by atoms with Crippen LogP contribution < -0.4 is 9.80 Å². The van der Waals surface area contributed by atoms with Crippen LogP contribution in [0.25, 0.3) is 0 Å². The van der Waals surface area contributed by atoms with Crippen LogP contribution in [-0.2, 0) is 6.42 Å². The molecule has 0 radical (unpaired) electrons. The lowest BCUT2D eigenvalue weighted by Gasteiger charge is -2.23. The molecular weight excluding hydrogens is 312 g/mol. The molecule has 1 aromatic carbocycles. The monoisotopic (exact) mass is 338 g/mol. The average Bonchev–Trinajstić information content (AvgIpc) is 3.04. The highest BCUT2D eigenvalue weighted by atomic mass is 16.2. The van der Waals surface area contributed by atoms with Gasteiger partial charge < -0.3 is 9.80 Å². The van der Waals surface area contributed by atoms with E-state index in [1.54, 1.807) is 6.07 Å². The Hall–Kier alpha value is -2.43. The predicted octanol–water partition coefficient (Wildman–Crippen LogP) is 3.61. The molecule has 0 atom stereocenters. The van der Waals surface area contributed by atoms with Crippen molar-refractivity contribution in [1.82, 2.24) is 9.97 Å². The predicted molar refractivity (Wildman–Crippen MR) is 101 cm³/mol. The lowest BCUT2D eigenvalue weighted by atomic mass is 10.2. The first-order valence-electron chi connectivity index (χ1n) is 9.14. The largest absolute Gasteiger partial charge is 0.341 e. The number of nitrogens with zero attached hydrogens (tertiary/aromatic N) is 4. The van der Waals surface area contributed by atoms with Crippen LogP contribution in [0, 0.1) is 6.92 Å². The molecule has 0 spiro atoms. The lowest BCUT2D eigenvalue weighted by Crippen LogP contribution is -2.32. The van der Waals surface area contributed by atoms with Gasteiger partial charge in [0.2, 0.25) is 5.95 Å². The first-order chi connectivity index (χ1) is 12.1. The molecule has 5 heteroatoms. The maximum atomic E-state index is 13.1. The summed E-state index contributed by atoms with van der Waals surface area (Å²) in [4.78, 5) is 26.3. The van der Waals surface area contributed by atoms with Gasteiger partial charge >= 0.3 is 0 Å². The van der Waals surface area contributed by atoms with Gasteiger partial charge in [0.15, 0.2) is 0 Å². The van der Waals surface area contributed by atoms with Crippen LogP contribution >= 0.6 is 0 Å². The minimum atomic E-state index is -0.0374. The van der Waals surface area contributed by atoms with E-state index >= 15 is 0 Å². The Labute approximate surface area is 149 Å². The van der Waals surface area contributed by atoms with Gasteiger partial charge in [0.05, 0.1) is 0 Å². The van der Waals surface area contributed by atoms with E-state index < -0.39 is 0 Å². The molecule has 0 fully saturated rings. The SMILES string of the molecule is CCCN(CCC)c1nc(C)cc(C(=O)N2CCc3ccccc32)n1. The van der Waals surface area contributed by atoms with Crippen molar-refractivity contribution in [3.63, 3.8) is 0 Å². The summed E-state index contributed by atoms with van der Waals surface area (Å²) < 4.78 is 0. The molecule has 0 saturated heterocycles. The maximum absolute atomic E-state index is 13.1. The van der Waals surface area contributed by atoms with Gasteiger partial charge in [-0.3, -0.25) is 4.79 Å². The van der Waals surface area contributed by atoms with Crippen LogP contribution in [0.3, 0.4) is 0 Å². The molecule has 132 valence electrons. The molecular formula is C20H26N4O. The van der Waals surface area contributed by atoms with Crippen molar-refractivity contribution in [2.45, 2.75) is 40.0 Å². The Balaban J connectivity index is 1.91. The van der Waals surface area contributed by atoms with Crippen molar-refractivity contribution in [2.24, 2.45) is 0 Å². The van der Waals surface area contributed by atoms with Crippen molar-refractivity contribution >= 4 is 17.5 Å². The second-order valence-electron chi connectivity index (χ2n) is 6.52. The molecule has 3 rings (SSSR count). The summed E-state index contributed by atoms with van der Waals surface area (Å²) in [6.07, 6.45) is 2.96. The summed E-state index contributed by atoms with van der Waals surface area (Å²) in [6, 6.07) is 9.89. The first-order valence-corrected chi connectivity index (χ1v) is 9.14. The molecule has 2 aromatic rings. The summed E-state index contributed by atoms with van der Waals surface area (Å²) in [5.41, 5.74) is 3.54. The van der Waals surface area contributed by atoms with Crippen molar-refractivity contribution in [3.05, 3.63) is 47.3 Å². The van der Waals surface area contributed by atoms with E-state index in [0.717, 1.165) is 43.7 Å². The minimum absolute atomic E-state index is 0.0374. The Morgan fingerprint density at radius 3 is 2.60 bits per heavy atom. The topological polar surface area (TPSA) is 49.3 Å². The minimum Gasteiger partial charge on any atom is -0.341 e. The van der Waals surface area contributed by atoms with Crippen molar-refractivity contribution < 1.29 is 4.79 Å². The molecule has 0 aliphatic carbocycles. The molecule has 2 heterocycles. The smallest absolute Gasteiger partial charge is 0.277 e. The number of hydrogen-bond donors (Lipinski definition) is 0. The van der Waals surface area contributed by atoms with Crippen LogP contribution in [0.15, 0.2) is 30.3 Å². The van der Waals surface area contributed by atoms with Gasteiger partial charge in [0.1, 0.15) is 5.69 Å². The fraction of sp³-hybridized carbons (Fsp3) is 0.450. The van der Waals surface area contributed by atoms with E-state index in [1.165, 1.54) is 5.56 Å². The summed E-state index contributed by atoms with van der Waals surface area (Å²) in [5.74, 6) is 0.629. The summed E-state index contributed by atoms with van der Waals surface area (Å²) >= 11 is 0. The van der Waals surface area contributed by atoms with Crippen LogP contribution in [0.1, 0.15) is 48.4 Å². The quantitative estimate of drug-likeness (QED) is 0.807. The maximum Gasteiger partial charge on any atom is 0.277 e. The van der Waals surface area contributed by atoms with Gasteiger partial charge in [-0.25, -0.2) is 9.97 Å². The molecule has 0 bridgehead atoms. The third-order valence-corrected chi connectivity index (χ3v) is 4.46. The Morgan fingerprint density at radius 1 is 1.16 bits per heavy atom. The zero-order chi connectivity index (χ0) is 17.8. The van der Waals surface area contributed by atoms with Crippen LogP contribution in [0.2, 0.25) is 0 Å². The molecule has 1 amide bonds. The average molecular weight is 338 g/mol. The van der Waals surface area contributed by atoms with E-state index in [-0.39, 0.29) is 5.91 Å². The van der Waals surface area contributed by atoms with Gasteiger partial charge in [-0.1, -0.05) is 32.0 Å². The number of aromatic nitrogens is 2. The molecule has 25 heavy (non-hydrogen) atoms. The number of carbonyl (C=O) groups is 1. The second-order valence-corrected chi connectivity index (χ2v) is 6.52. The normalized spacial score (nSPS) is 13.0. The van der Waals surface area contributed by atoms with E-state index in [9.17, 15) is 4.79 Å². The van der Waals surface area contributed by atoms with Gasteiger partial charge in [0, 0.05) is 31.0 Å². The standard InChI is InChI=1S/C20H26N4O/c1-4-11-23(12-5-2)20-21-15(3)14-17(22-20)19(25)24-13-10-16-8-6-7-9-18(16)24/h6-9,14H,4-5,10-13H2,1-3H3. The molecule has 0 unspecified atom stereocenters. The van der Waals surface area contributed by atoms with E-state index in [2.05, 4.69) is 34.8 Å². The highest BCUT2D eigenvalue weighted by molar-refractivity contribution is 6.06. The van der Waals surface area contributed by atoms with Gasteiger partial charge in [-0.2, -0.15) is 0 Å². The molecule has 1 aliphatic rings. The second kappa shape index (κ2) is 7.64. The van der Waals surface area contributed by atoms with E-state index in [4.69, 9.17) is 0 Å². The van der Waals surface area contributed by atoms with Crippen LogP contribution in [-0.4, -0.2) is 35.5 Å². The number of aryl methyl sites for hydroxylation is 1. The summed E-state index contributed by atoms with van der Waals surface area (Å²) in [6.45, 7) is 8.73. The highest BCUT2D eigenvalue weighted by Gasteiger charge is 2.27. The lowest BCUT2D eigenvalue weighted by molar-refractivity contribution is 0.0984. The number of fused-ring (bicyclic) bond motifs is 1. The molecule has 0 saturated carbocycles. The van der Waals surface area contributed by atoms with Gasteiger partial charge in [0.25, 0.3) is 5.91 Å². The zero-order valence-corrected chi connectivity index (χ0v) is 15.3. The van der Waals surface area contributed by atoms with E-state index in [1.807, 2.05) is 30.0 Å². The number of rotatable bonds is 6.